The summed E-state index contributed by atoms with van der Waals surface area (Å²) >= 11 is 11.3. The van der Waals surface area contributed by atoms with E-state index in [0.29, 0.717) is 35.3 Å². The Morgan fingerprint density at radius 2 is 1.76 bits per heavy atom. The van der Waals surface area contributed by atoms with Gasteiger partial charge in [0.15, 0.2) is 11.5 Å². The van der Waals surface area contributed by atoms with Crippen LogP contribution in [0.3, 0.4) is 0 Å². The molecule has 2 aromatic rings. The first kappa shape index (κ1) is 15.7. The zero-order valence-electron chi connectivity index (χ0n) is 11.4. The quantitative estimate of drug-likeness (QED) is 0.722. The second-order valence-electron chi connectivity index (χ2n) is 4.28. The van der Waals surface area contributed by atoms with Gasteiger partial charge in [0, 0.05) is 10.6 Å². The molecule has 0 atom stereocenters. The maximum absolute atomic E-state index is 11.2. The van der Waals surface area contributed by atoms with Crippen molar-refractivity contribution in [1.29, 1.82) is 0 Å². The Morgan fingerprint density at radius 3 is 2.38 bits per heavy atom. The Hall–Kier alpha value is -1.71. The Labute approximate surface area is 133 Å². The molecule has 0 N–H and O–H groups in total. The molecule has 0 aliphatic carbocycles. The summed E-state index contributed by atoms with van der Waals surface area (Å²) in [6.45, 7) is 2.71. The third-order valence-electron chi connectivity index (χ3n) is 2.78. The number of halogens is 2. The van der Waals surface area contributed by atoms with E-state index >= 15 is 0 Å². The second kappa shape index (κ2) is 7.34. The highest BCUT2D eigenvalue weighted by atomic mass is 35.5. The van der Waals surface area contributed by atoms with Gasteiger partial charge in [0.2, 0.25) is 0 Å². The molecule has 0 bridgehead atoms. The van der Waals surface area contributed by atoms with Gasteiger partial charge in [-0.15, -0.1) is 0 Å². The van der Waals surface area contributed by atoms with Crippen LogP contribution in [0.5, 0.6) is 11.5 Å². The van der Waals surface area contributed by atoms with Gasteiger partial charge in [-0.1, -0.05) is 23.7 Å². The molecule has 2 aromatic carbocycles. The number of ether oxygens (including phenoxy) is 2. The molecule has 0 aromatic heterocycles. The number of hydrogen-bond donors (Lipinski definition) is 0. The summed E-state index contributed by atoms with van der Waals surface area (Å²) in [5.41, 5.74) is 1.36. The van der Waals surface area contributed by atoms with Crippen molar-refractivity contribution in [1.82, 2.24) is 0 Å². The summed E-state index contributed by atoms with van der Waals surface area (Å²) in [4.78, 5) is 11.2. The molecule has 0 aliphatic heterocycles. The van der Waals surface area contributed by atoms with Crippen molar-refractivity contribution >= 4 is 28.4 Å². The van der Waals surface area contributed by atoms with Crippen LogP contribution < -0.4 is 9.47 Å². The summed E-state index contributed by atoms with van der Waals surface area (Å²) in [6.07, 6.45) is 0. The Morgan fingerprint density at radius 1 is 1.05 bits per heavy atom. The predicted octanol–water partition coefficient (Wildman–Crippen LogP) is 4.70. The van der Waals surface area contributed by atoms with Crippen LogP contribution >= 0.6 is 23.2 Å². The lowest BCUT2D eigenvalue weighted by atomic mass is 10.2. The molecule has 0 radical (unpaired) electrons. The maximum atomic E-state index is 11.2. The first-order valence-corrected chi connectivity index (χ1v) is 7.19. The number of carbonyl (C=O) groups excluding carboxylic acids is 1. The smallest absolute Gasteiger partial charge is 0.252 e. The first-order chi connectivity index (χ1) is 10.1. The topological polar surface area (TPSA) is 35.5 Å². The fourth-order valence-electron chi connectivity index (χ4n) is 1.76. The number of benzene rings is 2. The fourth-order valence-corrected chi connectivity index (χ4v) is 2.00. The first-order valence-electron chi connectivity index (χ1n) is 6.44. The fraction of sp³-hybridized carbons (Fsp3) is 0.188. The molecular weight excluding hydrogens is 311 g/mol. The van der Waals surface area contributed by atoms with E-state index in [2.05, 4.69) is 0 Å². The van der Waals surface area contributed by atoms with Gasteiger partial charge in [-0.3, -0.25) is 4.79 Å². The molecule has 0 aliphatic rings. The molecule has 0 fully saturated rings. The van der Waals surface area contributed by atoms with Crippen molar-refractivity contribution in [2.75, 3.05) is 6.61 Å². The van der Waals surface area contributed by atoms with Crippen molar-refractivity contribution in [2.24, 2.45) is 0 Å². The summed E-state index contributed by atoms with van der Waals surface area (Å²) in [6, 6.07) is 12.2. The predicted molar refractivity (Wildman–Crippen MR) is 83.6 cm³/mol. The zero-order chi connectivity index (χ0) is 15.2. The van der Waals surface area contributed by atoms with Gasteiger partial charge >= 0.3 is 0 Å². The molecule has 110 valence electrons. The maximum Gasteiger partial charge on any atom is 0.252 e. The standard InChI is InChI=1S/C16H14Cl2O3/c1-2-20-15-9-12(16(18)19)5-8-14(15)21-10-11-3-6-13(17)7-4-11/h3-9H,2,10H2,1H3. The molecule has 0 spiro atoms. The molecule has 21 heavy (non-hydrogen) atoms. The average molecular weight is 325 g/mol. The highest BCUT2D eigenvalue weighted by Crippen LogP contribution is 2.30. The zero-order valence-corrected chi connectivity index (χ0v) is 12.9. The second-order valence-corrected chi connectivity index (χ2v) is 5.06. The largest absolute Gasteiger partial charge is 0.490 e. The molecule has 5 heteroatoms. The van der Waals surface area contributed by atoms with Crippen LogP contribution in [-0.4, -0.2) is 11.8 Å². The average Bonchev–Trinajstić information content (AvgIpc) is 2.47. The molecule has 2 rings (SSSR count). The van der Waals surface area contributed by atoms with E-state index in [9.17, 15) is 4.79 Å². The van der Waals surface area contributed by atoms with E-state index in [1.165, 1.54) is 0 Å². The summed E-state index contributed by atoms with van der Waals surface area (Å²) < 4.78 is 11.2. The Bertz CT molecular complexity index is 624. The van der Waals surface area contributed by atoms with Gasteiger partial charge in [0.25, 0.3) is 5.24 Å². The number of rotatable bonds is 6. The minimum Gasteiger partial charge on any atom is -0.490 e. The van der Waals surface area contributed by atoms with E-state index in [0.717, 1.165) is 5.56 Å². The van der Waals surface area contributed by atoms with Gasteiger partial charge in [0.05, 0.1) is 6.61 Å². The summed E-state index contributed by atoms with van der Waals surface area (Å²) in [5, 5.41) is 0.152. The van der Waals surface area contributed by atoms with E-state index in [1.54, 1.807) is 30.3 Å². The van der Waals surface area contributed by atoms with Crippen molar-refractivity contribution in [3.63, 3.8) is 0 Å². The number of hydrogen-bond acceptors (Lipinski definition) is 3. The van der Waals surface area contributed by atoms with Gasteiger partial charge in [-0.2, -0.15) is 0 Å². The molecule has 0 saturated carbocycles. The SMILES string of the molecule is CCOc1cc(C(=O)Cl)ccc1OCc1ccc(Cl)cc1. The van der Waals surface area contributed by atoms with Gasteiger partial charge in [0.1, 0.15) is 6.61 Å². The van der Waals surface area contributed by atoms with Gasteiger partial charge in [-0.25, -0.2) is 0 Å². The normalized spacial score (nSPS) is 10.2. The van der Waals surface area contributed by atoms with Gasteiger partial charge < -0.3 is 9.47 Å². The molecule has 0 heterocycles. The lowest BCUT2D eigenvalue weighted by Crippen LogP contribution is -2.01. The van der Waals surface area contributed by atoms with Crippen molar-refractivity contribution in [3.8, 4) is 11.5 Å². The van der Waals surface area contributed by atoms with Crippen LogP contribution in [-0.2, 0) is 6.61 Å². The highest BCUT2D eigenvalue weighted by Gasteiger charge is 2.10. The Balaban J connectivity index is 2.14. The van der Waals surface area contributed by atoms with Crippen LogP contribution in [0.25, 0.3) is 0 Å². The molecule has 0 saturated heterocycles. The van der Waals surface area contributed by atoms with E-state index in [-0.39, 0.29) is 0 Å². The van der Waals surface area contributed by atoms with Gasteiger partial charge in [-0.05, 0) is 54.4 Å². The van der Waals surface area contributed by atoms with Crippen molar-refractivity contribution in [3.05, 3.63) is 58.6 Å². The van der Waals surface area contributed by atoms with Crippen LogP contribution in [0.2, 0.25) is 5.02 Å². The molecule has 0 unspecified atom stereocenters. The van der Waals surface area contributed by atoms with Crippen molar-refractivity contribution < 1.29 is 14.3 Å². The molecule has 0 amide bonds. The van der Waals surface area contributed by atoms with Crippen LogP contribution in [0.15, 0.2) is 42.5 Å². The third-order valence-corrected chi connectivity index (χ3v) is 3.25. The third kappa shape index (κ3) is 4.38. The summed E-state index contributed by atoms with van der Waals surface area (Å²) in [7, 11) is 0. The van der Waals surface area contributed by atoms with Crippen LogP contribution in [0, 0.1) is 0 Å². The lowest BCUT2D eigenvalue weighted by molar-refractivity contribution is 0.108. The Kier molecular flexibility index (Phi) is 5.48. The number of carbonyl (C=O) groups is 1. The van der Waals surface area contributed by atoms with Crippen LogP contribution in [0.4, 0.5) is 0 Å². The minimum absolute atomic E-state index is 0.374. The van der Waals surface area contributed by atoms with E-state index in [4.69, 9.17) is 32.7 Å². The molecule has 3 nitrogen and oxygen atoms in total. The van der Waals surface area contributed by atoms with Crippen molar-refractivity contribution in [2.45, 2.75) is 13.5 Å². The highest BCUT2D eigenvalue weighted by molar-refractivity contribution is 6.67. The van der Waals surface area contributed by atoms with E-state index < -0.39 is 5.24 Å². The minimum atomic E-state index is -0.528. The monoisotopic (exact) mass is 324 g/mol. The summed E-state index contributed by atoms with van der Waals surface area (Å²) in [5.74, 6) is 1.06. The van der Waals surface area contributed by atoms with E-state index in [1.807, 2.05) is 19.1 Å². The van der Waals surface area contributed by atoms with Crippen LogP contribution in [0.1, 0.15) is 22.8 Å². The molecular formula is C16H14Cl2O3. The lowest BCUT2D eigenvalue weighted by Gasteiger charge is -2.12.